The van der Waals surface area contributed by atoms with Crippen molar-refractivity contribution in [1.82, 2.24) is 10.3 Å². The first-order valence-electron chi connectivity index (χ1n) is 3.91. The third-order valence-corrected chi connectivity index (χ3v) is 3.22. The van der Waals surface area contributed by atoms with Crippen LogP contribution < -0.4 is 5.32 Å². The van der Waals surface area contributed by atoms with E-state index in [-0.39, 0.29) is 0 Å². The minimum atomic E-state index is 0.561. The van der Waals surface area contributed by atoms with E-state index >= 15 is 0 Å². The fourth-order valence-corrected chi connectivity index (χ4v) is 2.39. The number of thiazole rings is 1. The Morgan fingerprint density at radius 3 is 3.08 bits per heavy atom. The molecule has 2 nitrogen and oxygen atoms in total. The summed E-state index contributed by atoms with van der Waals surface area (Å²) in [7, 11) is 2.01. The fourth-order valence-electron chi connectivity index (χ4n) is 1.01. The van der Waals surface area contributed by atoms with Crippen LogP contribution in [-0.2, 0) is 6.42 Å². The second-order valence-electron chi connectivity index (χ2n) is 2.57. The number of nitrogens with zero attached hydrogens (tertiary/aromatic N) is 1. The highest BCUT2D eigenvalue weighted by Gasteiger charge is 2.07. The number of likely N-dealkylation sites (N-methyl/N-ethyl adjacent to an activating group) is 1. The van der Waals surface area contributed by atoms with Gasteiger partial charge in [-0.3, -0.25) is 0 Å². The van der Waals surface area contributed by atoms with Gasteiger partial charge >= 0.3 is 0 Å². The Morgan fingerprint density at radius 2 is 2.58 bits per heavy atom. The molecule has 0 saturated heterocycles. The molecule has 0 bridgehead atoms. The molecule has 0 aromatic carbocycles. The normalized spacial score (nSPS) is 13.2. The number of aromatic nitrogens is 1. The predicted molar refractivity (Wildman–Crippen MR) is 57.0 cm³/mol. The summed E-state index contributed by atoms with van der Waals surface area (Å²) >= 11 is 3.60. The van der Waals surface area contributed by atoms with Crippen molar-refractivity contribution in [3.63, 3.8) is 0 Å². The molecule has 1 aromatic rings. The fraction of sp³-hybridized carbons (Fsp3) is 0.625. The lowest BCUT2D eigenvalue weighted by atomic mass is 10.2. The van der Waals surface area contributed by atoms with Gasteiger partial charge in [-0.1, -0.05) is 0 Å². The molecule has 4 heteroatoms. The van der Waals surface area contributed by atoms with Crippen LogP contribution in [0, 0.1) is 0 Å². The first kappa shape index (κ1) is 10.0. The topological polar surface area (TPSA) is 24.9 Å². The molecule has 68 valence electrons. The molecule has 0 amide bonds. The first-order chi connectivity index (χ1) is 5.86. The highest BCUT2D eigenvalue weighted by atomic mass is 32.2. The average Bonchev–Trinajstić information content (AvgIpc) is 2.56. The van der Waals surface area contributed by atoms with E-state index in [9.17, 15) is 0 Å². The van der Waals surface area contributed by atoms with Gasteiger partial charge in [0.1, 0.15) is 0 Å². The Morgan fingerprint density at radius 1 is 1.75 bits per heavy atom. The van der Waals surface area contributed by atoms with Crippen LogP contribution in [0.4, 0.5) is 0 Å². The van der Waals surface area contributed by atoms with Gasteiger partial charge in [-0.2, -0.15) is 11.8 Å². The van der Waals surface area contributed by atoms with Crippen molar-refractivity contribution >= 4 is 23.1 Å². The van der Waals surface area contributed by atoms with Gasteiger partial charge in [0.15, 0.2) is 0 Å². The summed E-state index contributed by atoms with van der Waals surface area (Å²) < 4.78 is 0. The lowest BCUT2D eigenvalue weighted by molar-refractivity contribution is 0.615. The quantitative estimate of drug-likeness (QED) is 0.785. The molecule has 1 atom stereocenters. The maximum atomic E-state index is 4.26. The summed E-state index contributed by atoms with van der Waals surface area (Å²) in [5.74, 6) is 1.15. The summed E-state index contributed by atoms with van der Waals surface area (Å²) in [4.78, 5) is 4.26. The lowest BCUT2D eigenvalue weighted by Crippen LogP contribution is -2.29. The number of hydrogen-bond donors (Lipinski definition) is 1. The monoisotopic (exact) mass is 202 g/mol. The van der Waals surface area contributed by atoms with E-state index in [1.807, 2.05) is 30.4 Å². The summed E-state index contributed by atoms with van der Waals surface area (Å²) in [5.41, 5.74) is 0. The molecule has 12 heavy (non-hydrogen) atoms. The van der Waals surface area contributed by atoms with Crippen molar-refractivity contribution in [2.24, 2.45) is 0 Å². The average molecular weight is 202 g/mol. The van der Waals surface area contributed by atoms with E-state index in [0.717, 1.165) is 12.2 Å². The third kappa shape index (κ3) is 3.13. The SMILES string of the molecule is CNC(CSC)Cc1nccs1. The minimum Gasteiger partial charge on any atom is -0.316 e. The smallest absolute Gasteiger partial charge is 0.0940 e. The second-order valence-corrected chi connectivity index (χ2v) is 4.46. The maximum Gasteiger partial charge on any atom is 0.0940 e. The molecule has 0 saturated carbocycles. The molecular formula is C8H14N2S2. The summed E-state index contributed by atoms with van der Waals surface area (Å²) in [6.45, 7) is 0. The molecule has 0 aliphatic carbocycles. The lowest BCUT2D eigenvalue weighted by Gasteiger charge is -2.12. The van der Waals surface area contributed by atoms with Gasteiger partial charge in [0.05, 0.1) is 5.01 Å². The van der Waals surface area contributed by atoms with Crippen molar-refractivity contribution in [1.29, 1.82) is 0 Å². The van der Waals surface area contributed by atoms with Crippen molar-refractivity contribution in [2.75, 3.05) is 19.1 Å². The van der Waals surface area contributed by atoms with Gasteiger partial charge in [0.25, 0.3) is 0 Å². The standard InChI is InChI=1S/C8H14N2S2/c1-9-7(6-11-2)5-8-10-3-4-12-8/h3-4,7,9H,5-6H2,1-2H3. The van der Waals surface area contributed by atoms with Crippen molar-refractivity contribution in [2.45, 2.75) is 12.5 Å². The Bertz CT molecular complexity index is 199. The molecule has 0 fully saturated rings. The second kappa shape index (κ2) is 5.56. The van der Waals surface area contributed by atoms with E-state index in [2.05, 4.69) is 16.6 Å². The van der Waals surface area contributed by atoms with E-state index < -0.39 is 0 Å². The van der Waals surface area contributed by atoms with Gasteiger partial charge in [0, 0.05) is 29.8 Å². The Labute approximate surface area is 81.8 Å². The number of rotatable bonds is 5. The van der Waals surface area contributed by atoms with Crippen molar-refractivity contribution in [3.8, 4) is 0 Å². The molecule has 0 aliphatic rings. The van der Waals surface area contributed by atoms with Crippen molar-refractivity contribution in [3.05, 3.63) is 16.6 Å². The van der Waals surface area contributed by atoms with E-state index in [1.165, 1.54) is 5.01 Å². The molecule has 0 radical (unpaired) electrons. The van der Waals surface area contributed by atoms with E-state index in [0.29, 0.717) is 6.04 Å². The van der Waals surface area contributed by atoms with E-state index in [4.69, 9.17) is 0 Å². The molecular weight excluding hydrogens is 188 g/mol. The zero-order valence-electron chi connectivity index (χ0n) is 7.41. The minimum absolute atomic E-state index is 0.561. The maximum absolute atomic E-state index is 4.26. The summed E-state index contributed by atoms with van der Waals surface area (Å²) in [6.07, 6.45) is 5.05. The van der Waals surface area contributed by atoms with Crippen molar-refractivity contribution < 1.29 is 0 Å². The van der Waals surface area contributed by atoms with Gasteiger partial charge in [-0.15, -0.1) is 11.3 Å². The van der Waals surface area contributed by atoms with E-state index in [1.54, 1.807) is 11.3 Å². The van der Waals surface area contributed by atoms with Gasteiger partial charge in [-0.05, 0) is 13.3 Å². The molecule has 1 unspecified atom stereocenters. The largest absolute Gasteiger partial charge is 0.316 e. The molecule has 1 heterocycles. The number of thioether (sulfide) groups is 1. The van der Waals surface area contributed by atoms with Gasteiger partial charge in [0.2, 0.25) is 0 Å². The molecule has 0 spiro atoms. The van der Waals surface area contributed by atoms with Crippen LogP contribution >= 0.6 is 23.1 Å². The molecule has 0 aliphatic heterocycles. The van der Waals surface area contributed by atoms with Crippen LogP contribution in [0.25, 0.3) is 0 Å². The van der Waals surface area contributed by atoms with Gasteiger partial charge in [-0.25, -0.2) is 4.98 Å². The Hall–Kier alpha value is -0.0600. The van der Waals surface area contributed by atoms with Crippen LogP contribution in [0.3, 0.4) is 0 Å². The van der Waals surface area contributed by atoms with Crippen LogP contribution in [-0.4, -0.2) is 30.1 Å². The summed E-state index contributed by atoms with van der Waals surface area (Å²) in [6, 6.07) is 0.561. The first-order valence-corrected chi connectivity index (χ1v) is 6.18. The molecule has 1 rings (SSSR count). The van der Waals surface area contributed by atoms with Crippen LogP contribution in [0.15, 0.2) is 11.6 Å². The Balaban J connectivity index is 2.37. The zero-order chi connectivity index (χ0) is 8.81. The highest BCUT2D eigenvalue weighted by molar-refractivity contribution is 7.98. The number of nitrogens with one attached hydrogen (secondary N) is 1. The zero-order valence-corrected chi connectivity index (χ0v) is 9.04. The van der Waals surface area contributed by atoms with Gasteiger partial charge < -0.3 is 5.32 Å². The number of hydrogen-bond acceptors (Lipinski definition) is 4. The molecule has 1 N–H and O–H groups in total. The Kier molecular flexibility index (Phi) is 4.65. The highest BCUT2D eigenvalue weighted by Crippen LogP contribution is 2.09. The summed E-state index contributed by atoms with van der Waals surface area (Å²) in [5, 5.41) is 6.54. The van der Waals surface area contributed by atoms with Crippen LogP contribution in [0.1, 0.15) is 5.01 Å². The van der Waals surface area contributed by atoms with Crippen LogP contribution in [0.2, 0.25) is 0 Å². The predicted octanol–water partition coefficient (Wildman–Crippen LogP) is 1.64. The van der Waals surface area contributed by atoms with Crippen LogP contribution in [0.5, 0.6) is 0 Å². The third-order valence-electron chi connectivity index (χ3n) is 1.68. The molecule has 1 aromatic heterocycles.